The summed E-state index contributed by atoms with van der Waals surface area (Å²) in [6.07, 6.45) is 0. The standard InChI is InChI=1S/C60H38N4/c1-3-15-41-33-47(31-29-39(41)13-1)44-18-10-22-50(36-44)58-54-26-6-8-28-56(54)61-59(64-58)51-23-11-19-45(37-51)43-17-9-21-49(35-43)57-53-25-5-7-27-55(53)62-60(63-57)52-24-12-20-46(38-52)48-32-30-40-14-2-4-16-42(40)34-48/h1-38H. The van der Waals surface area contributed by atoms with E-state index in [0.29, 0.717) is 11.6 Å². The van der Waals surface area contributed by atoms with Crippen molar-refractivity contribution < 1.29 is 0 Å². The van der Waals surface area contributed by atoms with Crippen molar-refractivity contribution in [1.82, 2.24) is 19.9 Å². The predicted molar refractivity (Wildman–Crippen MR) is 266 cm³/mol. The van der Waals surface area contributed by atoms with E-state index in [-0.39, 0.29) is 0 Å². The first-order chi connectivity index (χ1) is 31.7. The predicted octanol–water partition coefficient (Wildman–Crippen LogP) is 15.5. The first-order valence-electron chi connectivity index (χ1n) is 21.6. The maximum atomic E-state index is 5.31. The first kappa shape index (κ1) is 37.2. The molecule has 0 aliphatic rings. The van der Waals surface area contributed by atoms with Crippen LogP contribution in [-0.4, -0.2) is 19.9 Å². The highest BCUT2D eigenvalue weighted by Crippen LogP contribution is 2.36. The number of rotatable bonds is 7. The van der Waals surface area contributed by atoms with Crippen molar-refractivity contribution in [2.45, 2.75) is 0 Å². The summed E-state index contributed by atoms with van der Waals surface area (Å²) in [5.74, 6) is 1.37. The lowest BCUT2D eigenvalue weighted by atomic mass is 9.97. The largest absolute Gasteiger partial charge is 0.228 e. The van der Waals surface area contributed by atoms with Gasteiger partial charge >= 0.3 is 0 Å². The highest BCUT2D eigenvalue weighted by Gasteiger charge is 2.16. The van der Waals surface area contributed by atoms with Crippen LogP contribution in [0, 0.1) is 0 Å². The number of hydrogen-bond acceptors (Lipinski definition) is 4. The maximum absolute atomic E-state index is 5.31. The van der Waals surface area contributed by atoms with Gasteiger partial charge in [0.25, 0.3) is 0 Å². The highest BCUT2D eigenvalue weighted by atomic mass is 14.9. The molecule has 298 valence electrons. The molecule has 0 saturated heterocycles. The highest BCUT2D eigenvalue weighted by molar-refractivity contribution is 5.97. The summed E-state index contributed by atoms with van der Waals surface area (Å²) in [6.45, 7) is 0. The molecule has 4 nitrogen and oxygen atoms in total. The van der Waals surface area contributed by atoms with Gasteiger partial charge in [0.1, 0.15) is 0 Å². The van der Waals surface area contributed by atoms with Gasteiger partial charge in [-0.25, -0.2) is 19.9 Å². The smallest absolute Gasteiger partial charge is 0.160 e. The number of hydrogen-bond donors (Lipinski definition) is 0. The SMILES string of the molecule is c1cc(-c2cccc(-c3nc(-c4cccc(-c5ccc6ccccc6c5)c4)nc4ccccc34)c2)cc(-c2nc(-c3cccc(-c4ccc5ccccc5c4)c3)c3ccccc3n2)c1. The van der Waals surface area contributed by atoms with Crippen molar-refractivity contribution in [3.8, 4) is 78.7 Å². The van der Waals surface area contributed by atoms with E-state index in [2.05, 4.69) is 218 Å². The summed E-state index contributed by atoms with van der Waals surface area (Å²) in [5.41, 5.74) is 14.3. The van der Waals surface area contributed by atoms with Crippen molar-refractivity contribution >= 4 is 43.4 Å². The van der Waals surface area contributed by atoms with Crippen LogP contribution < -0.4 is 0 Å². The number of fused-ring (bicyclic) bond motifs is 4. The average molecular weight is 815 g/mol. The van der Waals surface area contributed by atoms with Gasteiger partial charge in [0, 0.05) is 33.0 Å². The lowest BCUT2D eigenvalue weighted by Crippen LogP contribution is -1.96. The summed E-state index contributed by atoms with van der Waals surface area (Å²) >= 11 is 0. The van der Waals surface area contributed by atoms with Gasteiger partial charge in [0.05, 0.1) is 22.4 Å². The van der Waals surface area contributed by atoms with E-state index in [0.717, 1.165) is 83.3 Å². The molecule has 2 heterocycles. The van der Waals surface area contributed by atoms with E-state index < -0.39 is 0 Å². The Bertz CT molecular complexity index is 3760. The Labute approximate surface area is 370 Å². The number of benzene rings is 10. The average Bonchev–Trinajstić information content (AvgIpc) is 3.38. The van der Waals surface area contributed by atoms with Crippen LogP contribution >= 0.6 is 0 Å². The van der Waals surface area contributed by atoms with Crippen LogP contribution in [0.5, 0.6) is 0 Å². The fourth-order valence-electron chi connectivity index (χ4n) is 8.96. The van der Waals surface area contributed by atoms with E-state index in [1.54, 1.807) is 0 Å². The minimum absolute atomic E-state index is 0.681. The number of nitrogens with zero attached hydrogens (tertiary/aromatic N) is 4. The molecule has 0 unspecified atom stereocenters. The van der Waals surface area contributed by atoms with Crippen molar-refractivity contribution in [2.75, 3.05) is 0 Å². The summed E-state index contributed by atoms with van der Waals surface area (Å²) in [4.78, 5) is 20.8. The zero-order chi connectivity index (χ0) is 42.4. The van der Waals surface area contributed by atoms with E-state index in [1.165, 1.54) is 27.1 Å². The van der Waals surface area contributed by atoms with Crippen LogP contribution in [-0.2, 0) is 0 Å². The normalized spacial score (nSPS) is 11.4. The monoisotopic (exact) mass is 814 g/mol. The van der Waals surface area contributed by atoms with Gasteiger partial charge in [-0.05, 0) is 103 Å². The summed E-state index contributed by atoms with van der Waals surface area (Å²) in [6, 6.07) is 81.2. The second kappa shape index (κ2) is 15.7. The van der Waals surface area contributed by atoms with E-state index in [9.17, 15) is 0 Å². The molecule has 0 amide bonds. The van der Waals surface area contributed by atoms with Crippen LogP contribution in [0.1, 0.15) is 0 Å². The van der Waals surface area contributed by atoms with Crippen molar-refractivity contribution in [2.24, 2.45) is 0 Å². The molecule has 10 aromatic carbocycles. The van der Waals surface area contributed by atoms with Crippen molar-refractivity contribution in [3.05, 3.63) is 231 Å². The fourth-order valence-corrected chi connectivity index (χ4v) is 8.96. The fraction of sp³-hybridized carbons (Fsp3) is 0. The Hall–Kier alpha value is -8.60. The molecule has 0 spiro atoms. The molecule has 0 bridgehead atoms. The molecule has 0 radical (unpaired) electrons. The number of para-hydroxylation sites is 2. The van der Waals surface area contributed by atoms with Crippen LogP contribution in [0.2, 0.25) is 0 Å². The van der Waals surface area contributed by atoms with Gasteiger partial charge < -0.3 is 0 Å². The van der Waals surface area contributed by atoms with Crippen molar-refractivity contribution in [3.63, 3.8) is 0 Å². The molecule has 0 aliphatic heterocycles. The van der Waals surface area contributed by atoms with Gasteiger partial charge in [-0.3, -0.25) is 0 Å². The zero-order valence-electron chi connectivity index (χ0n) is 34.7. The second-order valence-corrected chi connectivity index (χ2v) is 16.3. The van der Waals surface area contributed by atoms with Gasteiger partial charge in [0.2, 0.25) is 0 Å². The Morgan fingerprint density at radius 2 is 0.531 bits per heavy atom. The van der Waals surface area contributed by atoms with Gasteiger partial charge in [-0.1, -0.05) is 182 Å². The third-order valence-corrected chi connectivity index (χ3v) is 12.2. The molecule has 0 atom stereocenters. The van der Waals surface area contributed by atoms with Crippen LogP contribution in [0.25, 0.3) is 122 Å². The molecule has 12 aromatic rings. The minimum Gasteiger partial charge on any atom is -0.228 e. The molecule has 64 heavy (non-hydrogen) atoms. The van der Waals surface area contributed by atoms with E-state index in [1.807, 2.05) is 12.1 Å². The van der Waals surface area contributed by atoms with Crippen LogP contribution in [0.15, 0.2) is 231 Å². The summed E-state index contributed by atoms with van der Waals surface area (Å²) in [7, 11) is 0. The molecule has 0 fully saturated rings. The Morgan fingerprint density at radius 1 is 0.203 bits per heavy atom. The Morgan fingerprint density at radius 3 is 0.969 bits per heavy atom. The molecular weight excluding hydrogens is 777 g/mol. The molecular formula is C60H38N4. The minimum atomic E-state index is 0.681. The molecule has 0 N–H and O–H groups in total. The summed E-state index contributed by atoms with van der Waals surface area (Å²) in [5, 5.41) is 6.92. The maximum Gasteiger partial charge on any atom is 0.160 e. The van der Waals surface area contributed by atoms with Gasteiger partial charge in [0.15, 0.2) is 11.6 Å². The molecule has 0 aliphatic carbocycles. The third kappa shape index (κ3) is 6.94. The second-order valence-electron chi connectivity index (χ2n) is 16.3. The first-order valence-corrected chi connectivity index (χ1v) is 21.6. The van der Waals surface area contributed by atoms with Gasteiger partial charge in [-0.15, -0.1) is 0 Å². The lowest BCUT2D eigenvalue weighted by Gasteiger charge is -2.13. The van der Waals surface area contributed by atoms with E-state index >= 15 is 0 Å². The van der Waals surface area contributed by atoms with Crippen LogP contribution in [0.4, 0.5) is 0 Å². The van der Waals surface area contributed by atoms with Crippen LogP contribution in [0.3, 0.4) is 0 Å². The lowest BCUT2D eigenvalue weighted by molar-refractivity contribution is 1.23. The molecule has 0 saturated carbocycles. The van der Waals surface area contributed by atoms with E-state index in [4.69, 9.17) is 19.9 Å². The molecule has 12 rings (SSSR count). The Balaban J connectivity index is 0.911. The molecule has 4 heteroatoms. The topological polar surface area (TPSA) is 51.6 Å². The third-order valence-electron chi connectivity index (χ3n) is 12.2. The molecule has 2 aromatic heterocycles. The quantitative estimate of drug-likeness (QED) is 0.161. The number of aromatic nitrogens is 4. The van der Waals surface area contributed by atoms with Gasteiger partial charge in [-0.2, -0.15) is 0 Å². The van der Waals surface area contributed by atoms with Crippen molar-refractivity contribution in [1.29, 1.82) is 0 Å². The zero-order valence-corrected chi connectivity index (χ0v) is 34.7. The Kier molecular flexibility index (Phi) is 9.12. The summed E-state index contributed by atoms with van der Waals surface area (Å²) < 4.78 is 0.